The summed E-state index contributed by atoms with van der Waals surface area (Å²) >= 11 is 0. The largest absolute Gasteiger partial charge is 0.490 e. The van der Waals surface area contributed by atoms with Crippen LogP contribution in [0.25, 0.3) is 0 Å². The predicted molar refractivity (Wildman–Crippen MR) is 80.6 cm³/mol. The van der Waals surface area contributed by atoms with E-state index in [0.717, 1.165) is 38.2 Å². The van der Waals surface area contributed by atoms with Gasteiger partial charge in [-0.05, 0) is 37.6 Å². The maximum Gasteiger partial charge on any atom is 0.490 e. The second kappa shape index (κ2) is 7.52. The molecular weight excluding hydrogens is 327 g/mol. The van der Waals surface area contributed by atoms with Gasteiger partial charge in [-0.15, -0.1) is 0 Å². The number of benzene rings is 1. The van der Waals surface area contributed by atoms with Gasteiger partial charge in [0.15, 0.2) is 0 Å². The third-order valence-electron chi connectivity index (χ3n) is 3.85. The van der Waals surface area contributed by atoms with Gasteiger partial charge in [0.25, 0.3) is 0 Å². The number of hydrogen-bond donors (Lipinski definition) is 3. The van der Waals surface area contributed by atoms with Gasteiger partial charge in [-0.1, -0.05) is 18.2 Å². The standard InChI is InChI=1S/C13H17N3O.C2HF3O2/c17-13-15-12-4-2-1-3-10(12)9-16(13)11-5-7-14-8-6-11;3-2(4,5)1(6)7/h1-4,11,14H,5-9H2,(H,15,17);(H,6,7). The van der Waals surface area contributed by atoms with Gasteiger partial charge in [0.1, 0.15) is 0 Å². The smallest absolute Gasteiger partial charge is 0.475 e. The number of aliphatic carboxylic acids is 1. The van der Waals surface area contributed by atoms with Gasteiger partial charge < -0.3 is 20.6 Å². The van der Waals surface area contributed by atoms with Crippen LogP contribution in [0.5, 0.6) is 0 Å². The average Bonchev–Trinajstić information content (AvgIpc) is 2.54. The molecule has 1 aromatic rings. The Morgan fingerprint density at radius 1 is 1.21 bits per heavy atom. The molecule has 3 N–H and O–H groups in total. The number of rotatable bonds is 1. The van der Waals surface area contributed by atoms with Gasteiger partial charge in [0.2, 0.25) is 0 Å². The van der Waals surface area contributed by atoms with E-state index in [1.165, 1.54) is 5.56 Å². The zero-order valence-corrected chi connectivity index (χ0v) is 12.8. The van der Waals surface area contributed by atoms with Crippen LogP contribution in [0.4, 0.5) is 23.7 Å². The second-order valence-electron chi connectivity index (χ2n) is 5.50. The summed E-state index contributed by atoms with van der Waals surface area (Å²) < 4.78 is 31.7. The van der Waals surface area contributed by atoms with Gasteiger partial charge in [0, 0.05) is 18.3 Å². The molecule has 24 heavy (non-hydrogen) atoms. The number of carboxylic acid groups (broad SMARTS) is 1. The summed E-state index contributed by atoms with van der Waals surface area (Å²) in [6.07, 6.45) is -2.98. The van der Waals surface area contributed by atoms with Crippen molar-refractivity contribution in [3.8, 4) is 0 Å². The topological polar surface area (TPSA) is 81.7 Å². The van der Waals surface area contributed by atoms with E-state index in [1.807, 2.05) is 23.1 Å². The number of nitrogens with zero attached hydrogens (tertiary/aromatic N) is 1. The third-order valence-corrected chi connectivity index (χ3v) is 3.85. The molecule has 1 saturated heterocycles. The Morgan fingerprint density at radius 2 is 1.79 bits per heavy atom. The van der Waals surface area contributed by atoms with Gasteiger partial charge in [-0.25, -0.2) is 9.59 Å². The van der Waals surface area contributed by atoms with Crippen LogP contribution in [0.15, 0.2) is 24.3 Å². The fourth-order valence-corrected chi connectivity index (χ4v) is 2.64. The lowest BCUT2D eigenvalue weighted by Gasteiger charge is -2.37. The fraction of sp³-hybridized carbons (Fsp3) is 0.467. The zero-order valence-electron chi connectivity index (χ0n) is 12.8. The highest BCUT2D eigenvalue weighted by Gasteiger charge is 2.38. The van der Waals surface area contributed by atoms with Crippen LogP contribution >= 0.6 is 0 Å². The molecule has 3 rings (SSSR count). The molecule has 0 aromatic heterocycles. The average molecular weight is 345 g/mol. The number of anilines is 1. The number of fused-ring (bicyclic) bond motifs is 1. The minimum Gasteiger partial charge on any atom is -0.475 e. The molecule has 1 aromatic carbocycles. The molecule has 0 unspecified atom stereocenters. The van der Waals surface area contributed by atoms with Crippen LogP contribution in [0, 0.1) is 0 Å². The van der Waals surface area contributed by atoms with Crippen LogP contribution < -0.4 is 10.6 Å². The number of para-hydroxylation sites is 1. The molecule has 6 nitrogen and oxygen atoms in total. The molecule has 2 heterocycles. The number of piperidine rings is 1. The van der Waals surface area contributed by atoms with Gasteiger partial charge in [-0.2, -0.15) is 13.2 Å². The predicted octanol–water partition coefficient (Wildman–Crippen LogP) is 2.42. The highest BCUT2D eigenvalue weighted by molar-refractivity contribution is 5.92. The third kappa shape index (κ3) is 4.60. The Labute approximate surface area is 136 Å². The first-order valence-corrected chi connectivity index (χ1v) is 7.45. The molecule has 0 spiro atoms. The molecule has 0 saturated carbocycles. The Hall–Kier alpha value is -2.29. The van der Waals surface area contributed by atoms with Gasteiger partial charge in [0.05, 0.1) is 0 Å². The lowest BCUT2D eigenvalue weighted by molar-refractivity contribution is -0.192. The maximum atomic E-state index is 12.1. The van der Waals surface area contributed by atoms with E-state index in [2.05, 4.69) is 16.7 Å². The molecule has 1 fully saturated rings. The number of halogens is 3. The van der Waals surface area contributed by atoms with Crippen molar-refractivity contribution < 1.29 is 27.9 Å². The number of carbonyl (C=O) groups excluding carboxylic acids is 1. The number of amides is 2. The quantitative estimate of drug-likeness (QED) is 0.730. The van der Waals surface area contributed by atoms with Crippen molar-refractivity contribution >= 4 is 17.7 Å². The lowest BCUT2D eigenvalue weighted by atomic mass is 10.0. The highest BCUT2D eigenvalue weighted by atomic mass is 19.4. The number of urea groups is 1. The van der Waals surface area contributed by atoms with Crippen LogP contribution in [0.1, 0.15) is 18.4 Å². The number of alkyl halides is 3. The Kier molecular flexibility index (Phi) is 5.66. The number of nitrogens with one attached hydrogen (secondary N) is 2. The number of carboxylic acids is 1. The van der Waals surface area contributed by atoms with Crippen LogP contribution in [0.3, 0.4) is 0 Å². The first-order chi connectivity index (χ1) is 11.3. The minimum absolute atomic E-state index is 0.0515. The summed E-state index contributed by atoms with van der Waals surface area (Å²) in [5.74, 6) is -2.76. The molecule has 0 atom stereocenters. The van der Waals surface area contributed by atoms with E-state index >= 15 is 0 Å². The van der Waals surface area contributed by atoms with E-state index in [0.29, 0.717) is 6.04 Å². The first kappa shape index (κ1) is 18.1. The van der Waals surface area contributed by atoms with Crippen LogP contribution in [-0.2, 0) is 11.3 Å². The summed E-state index contributed by atoms with van der Waals surface area (Å²) in [4.78, 5) is 22.9. The fourth-order valence-electron chi connectivity index (χ4n) is 2.64. The number of hydrogen-bond acceptors (Lipinski definition) is 3. The van der Waals surface area contributed by atoms with Crippen LogP contribution in [0.2, 0.25) is 0 Å². The SMILES string of the molecule is O=C(O)C(F)(F)F.O=C1Nc2ccccc2CN1C1CCNCC1. The molecule has 2 amide bonds. The molecule has 0 bridgehead atoms. The van der Waals surface area contributed by atoms with E-state index < -0.39 is 12.1 Å². The van der Waals surface area contributed by atoms with Crippen molar-refractivity contribution in [2.24, 2.45) is 0 Å². The van der Waals surface area contributed by atoms with Crippen LogP contribution in [-0.4, -0.2) is 47.3 Å². The van der Waals surface area contributed by atoms with Gasteiger partial charge in [-0.3, -0.25) is 0 Å². The number of carbonyl (C=O) groups is 2. The summed E-state index contributed by atoms with van der Waals surface area (Å²) in [5, 5.41) is 13.4. The van der Waals surface area contributed by atoms with Crippen molar-refractivity contribution in [2.45, 2.75) is 31.6 Å². The molecule has 9 heteroatoms. The molecule has 2 aliphatic heterocycles. The molecule has 0 radical (unpaired) electrons. The molecule has 2 aliphatic rings. The Morgan fingerprint density at radius 3 is 2.38 bits per heavy atom. The molecular formula is C15H18F3N3O3. The normalized spacial score (nSPS) is 18.1. The minimum atomic E-state index is -5.08. The molecule has 0 aliphatic carbocycles. The Bertz CT molecular complexity index is 601. The van der Waals surface area contributed by atoms with Gasteiger partial charge >= 0.3 is 18.2 Å². The molecule has 132 valence electrons. The monoisotopic (exact) mass is 345 g/mol. The van der Waals surface area contributed by atoms with Crippen molar-refractivity contribution in [3.05, 3.63) is 29.8 Å². The van der Waals surface area contributed by atoms with Crippen molar-refractivity contribution in [1.29, 1.82) is 0 Å². The van der Waals surface area contributed by atoms with Crippen molar-refractivity contribution in [1.82, 2.24) is 10.2 Å². The zero-order chi connectivity index (χ0) is 17.7. The highest BCUT2D eigenvalue weighted by Crippen LogP contribution is 2.26. The van der Waals surface area contributed by atoms with E-state index in [1.54, 1.807) is 0 Å². The second-order valence-corrected chi connectivity index (χ2v) is 5.50. The summed E-state index contributed by atoms with van der Waals surface area (Å²) in [6.45, 7) is 2.76. The van der Waals surface area contributed by atoms with E-state index in [-0.39, 0.29) is 6.03 Å². The van der Waals surface area contributed by atoms with Crippen molar-refractivity contribution in [3.63, 3.8) is 0 Å². The summed E-state index contributed by atoms with van der Waals surface area (Å²) in [7, 11) is 0. The van der Waals surface area contributed by atoms with Crippen molar-refractivity contribution in [2.75, 3.05) is 18.4 Å². The summed E-state index contributed by atoms with van der Waals surface area (Å²) in [6, 6.07) is 8.46. The lowest BCUT2D eigenvalue weighted by Crippen LogP contribution is -2.49. The Balaban J connectivity index is 0.000000256. The van der Waals surface area contributed by atoms with E-state index in [9.17, 15) is 18.0 Å². The summed E-state index contributed by atoms with van der Waals surface area (Å²) in [5.41, 5.74) is 2.17. The maximum absolute atomic E-state index is 12.1. The first-order valence-electron chi connectivity index (χ1n) is 7.45. The van der Waals surface area contributed by atoms with E-state index in [4.69, 9.17) is 9.90 Å².